The van der Waals surface area contributed by atoms with E-state index in [1.54, 1.807) is 12.4 Å². The van der Waals surface area contributed by atoms with E-state index in [0.29, 0.717) is 13.1 Å². The first kappa shape index (κ1) is 14.9. The summed E-state index contributed by atoms with van der Waals surface area (Å²) in [5, 5.41) is 8.62. The zero-order valence-corrected chi connectivity index (χ0v) is 12.9. The molecule has 0 aliphatic heterocycles. The van der Waals surface area contributed by atoms with E-state index in [9.17, 15) is 0 Å². The molecule has 6 heteroatoms. The van der Waals surface area contributed by atoms with Gasteiger partial charge in [0.05, 0.1) is 27.8 Å². The van der Waals surface area contributed by atoms with Crippen molar-refractivity contribution in [2.45, 2.75) is 46.8 Å². The average molecular weight is 294 g/mol. The van der Waals surface area contributed by atoms with Crippen molar-refractivity contribution < 1.29 is 0 Å². The lowest BCUT2D eigenvalue weighted by Gasteiger charge is -2.07. The van der Waals surface area contributed by atoms with Crippen LogP contribution in [0, 0.1) is 6.92 Å². The van der Waals surface area contributed by atoms with Crippen molar-refractivity contribution in [1.29, 1.82) is 0 Å². The van der Waals surface area contributed by atoms with Crippen LogP contribution >= 0.6 is 11.6 Å². The van der Waals surface area contributed by atoms with Crippen LogP contribution in [0.1, 0.15) is 36.6 Å². The van der Waals surface area contributed by atoms with Crippen LogP contribution in [0.4, 0.5) is 0 Å². The molecule has 20 heavy (non-hydrogen) atoms. The van der Waals surface area contributed by atoms with Gasteiger partial charge in [-0.3, -0.25) is 14.6 Å². The molecule has 0 fully saturated rings. The molecule has 0 saturated heterocycles. The monoisotopic (exact) mass is 293 g/mol. The van der Waals surface area contributed by atoms with E-state index in [1.165, 1.54) is 0 Å². The molecule has 0 aromatic carbocycles. The number of halogens is 1. The van der Waals surface area contributed by atoms with Crippen LogP contribution in [0.3, 0.4) is 0 Å². The van der Waals surface area contributed by atoms with Crippen molar-refractivity contribution in [3.63, 3.8) is 0 Å². The Labute approximate surface area is 124 Å². The van der Waals surface area contributed by atoms with Gasteiger partial charge in [0.2, 0.25) is 0 Å². The molecular formula is C14H20ClN5. The van der Waals surface area contributed by atoms with E-state index in [0.717, 1.165) is 40.8 Å². The van der Waals surface area contributed by atoms with Crippen LogP contribution in [0.5, 0.6) is 0 Å². The van der Waals surface area contributed by atoms with Gasteiger partial charge in [-0.05, 0) is 20.3 Å². The van der Waals surface area contributed by atoms with Crippen molar-refractivity contribution in [3.05, 3.63) is 40.2 Å². The number of rotatable bonds is 6. The summed E-state index contributed by atoms with van der Waals surface area (Å²) in [5.74, 6) is 0. The Bertz CT molecular complexity index is 562. The highest BCUT2D eigenvalue weighted by Crippen LogP contribution is 2.21. The Morgan fingerprint density at radius 3 is 2.60 bits per heavy atom. The van der Waals surface area contributed by atoms with E-state index >= 15 is 0 Å². The third kappa shape index (κ3) is 3.35. The number of hydrogen-bond acceptors (Lipinski definition) is 4. The van der Waals surface area contributed by atoms with E-state index in [2.05, 4.69) is 34.2 Å². The molecule has 0 aliphatic carbocycles. The van der Waals surface area contributed by atoms with Gasteiger partial charge in [-0.25, -0.2) is 0 Å². The molecule has 108 valence electrons. The highest BCUT2D eigenvalue weighted by atomic mass is 35.5. The van der Waals surface area contributed by atoms with Crippen molar-refractivity contribution in [2.24, 2.45) is 0 Å². The zero-order valence-electron chi connectivity index (χ0n) is 12.1. The lowest BCUT2D eigenvalue weighted by atomic mass is 10.3. The fourth-order valence-electron chi connectivity index (χ4n) is 2.01. The SMILES string of the molecule is CCc1nn(CC)c(CNCc2cnc(C)cn2)c1Cl. The first-order valence-electron chi connectivity index (χ1n) is 6.88. The summed E-state index contributed by atoms with van der Waals surface area (Å²) in [5.41, 5.74) is 3.84. The molecule has 2 heterocycles. The van der Waals surface area contributed by atoms with Crippen molar-refractivity contribution in [1.82, 2.24) is 25.1 Å². The first-order chi connectivity index (χ1) is 9.65. The zero-order chi connectivity index (χ0) is 14.5. The third-order valence-corrected chi connectivity index (χ3v) is 3.56. The maximum absolute atomic E-state index is 6.36. The molecule has 5 nitrogen and oxygen atoms in total. The van der Waals surface area contributed by atoms with Gasteiger partial charge in [-0.15, -0.1) is 0 Å². The molecule has 0 atom stereocenters. The van der Waals surface area contributed by atoms with E-state index in [1.807, 2.05) is 11.6 Å². The van der Waals surface area contributed by atoms with E-state index in [4.69, 9.17) is 11.6 Å². The molecule has 0 radical (unpaired) electrons. The fourth-order valence-corrected chi connectivity index (χ4v) is 2.34. The van der Waals surface area contributed by atoms with Crippen LogP contribution in [-0.2, 0) is 26.1 Å². The third-order valence-electron chi connectivity index (χ3n) is 3.13. The highest BCUT2D eigenvalue weighted by molar-refractivity contribution is 6.31. The lowest BCUT2D eigenvalue weighted by Crippen LogP contribution is -2.17. The minimum absolute atomic E-state index is 0.667. The van der Waals surface area contributed by atoms with Crippen molar-refractivity contribution in [3.8, 4) is 0 Å². The van der Waals surface area contributed by atoms with Gasteiger partial charge >= 0.3 is 0 Å². The number of nitrogens with zero attached hydrogens (tertiary/aromatic N) is 4. The van der Waals surface area contributed by atoms with Gasteiger partial charge < -0.3 is 5.32 Å². The van der Waals surface area contributed by atoms with Gasteiger partial charge in [0, 0.05) is 32.0 Å². The molecule has 0 bridgehead atoms. The number of aryl methyl sites for hydroxylation is 3. The molecule has 0 amide bonds. The quantitative estimate of drug-likeness (QED) is 0.889. The molecule has 0 aliphatic rings. The largest absolute Gasteiger partial charge is 0.305 e. The Morgan fingerprint density at radius 2 is 2.00 bits per heavy atom. The van der Waals surface area contributed by atoms with Gasteiger partial charge in [0.25, 0.3) is 0 Å². The minimum Gasteiger partial charge on any atom is -0.305 e. The maximum Gasteiger partial charge on any atom is 0.0863 e. The first-order valence-corrected chi connectivity index (χ1v) is 7.25. The van der Waals surface area contributed by atoms with Crippen molar-refractivity contribution in [2.75, 3.05) is 0 Å². The van der Waals surface area contributed by atoms with Crippen LogP contribution in [0.15, 0.2) is 12.4 Å². The lowest BCUT2D eigenvalue weighted by molar-refractivity contribution is 0.574. The predicted molar refractivity (Wildman–Crippen MR) is 79.6 cm³/mol. The Balaban J connectivity index is 2.00. The van der Waals surface area contributed by atoms with E-state index < -0.39 is 0 Å². The molecular weight excluding hydrogens is 274 g/mol. The number of hydrogen-bond donors (Lipinski definition) is 1. The summed E-state index contributed by atoms with van der Waals surface area (Å²) in [4.78, 5) is 8.54. The molecule has 0 unspecified atom stereocenters. The number of nitrogens with one attached hydrogen (secondary N) is 1. The summed E-state index contributed by atoms with van der Waals surface area (Å²) in [6.45, 7) is 8.22. The van der Waals surface area contributed by atoms with Gasteiger partial charge in [0.1, 0.15) is 0 Å². The summed E-state index contributed by atoms with van der Waals surface area (Å²) in [6.07, 6.45) is 4.41. The highest BCUT2D eigenvalue weighted by Gasteiger charge is 2.13. The second-order valence-corrected chi connectivity index (χ2v) is 5.01. The molecule has 2 aromatic rings. The molecule has 2 aromatic heterocycles. The van der Waals surface area contributed by atoms with Gasteiger partial charge in [0.15, 0.2) is 0 Å². The van der Waals surface area contributed by atoms with Crippen LogP contribution in [-0.4, -0.2) is 19.7 Å². The second kappa shape index (κ2) is 6.81. The predicted octanol–water partition coefficient (Wildman–Crippen LogP) is 2.51. The average Bonchev–Trinajstić information content (AvgIpc) is 2.77. The Hall–Kier alpha value is -1.46. The normalized spacial score (nSPS) is 11.0. The Morgan fingerprint density at radius 1 is 1.20 bits per heavy atom. The topological polar surface area (TPSA) is 55.6 Å². The van der Waals surface area contributed by atoms with Crippen LogP contribution < -0.4 is 5.32 Å². The summed E-state index contributed by atoms with van der Waals surface area (Å²) < 4.78 is 1.95. The molecule has 0 saturated carbocycles. The summed E-state index contributed by atoms with van der Waals surface area (Å²) in [7, 11) is 0. The summed E-state index contributed by atoms with van der Waals surface area (Å²) in [6, 6.07) is 0. The molecule has 2 rings (SSSR count). The number of aromatic nitrogens is 4. The Kier molecular flexibility index (Phi) is 5.09. The standard InChI is InChI=1S/C14H20ClN5/c1-4-12-14(15)13(20(5-2)19-12)9-16-7-11-8-17-10(3)6-18-11/h6,8,16H,4-5,7,9H2,1-3H3. The van der Waals surface area contributed by atoms with Crippen LogP contribution in [0.25, 0.3) is 0 Å². The molecule has 1 N–H and O–H groups in total. The fraction of sp³-hybridized carbons (Fsp3) is 0.500. The van der Waals surface area contributed by atoms with Gasteiger partial charge in [-0.1, -0.05) is 18.5 Å². The second-order valence-electron chi connectivity index (χ2n) is 4.63. The van der Waals surface area contributed by atoms with Crippen LogP contribution in [0.2, 0.25) is 5.02 Å². The summed E-state index contributed by atoms with van der Waals surface area (Å²) >= 11 is 6.36. The minimum atomic E-state index is 0.667. The maximum atomic E-state index is 6.36. The van der Waals surface area contributed by atoms with Crippen molar-refractivity contribution >= 4 is 11.6 Å². The van der Waals surface area contributed by atoms with Gasteiger partial charge in [-0.2, -0.15) is 5.10 Å². The van der Waals surface area contributed by atoms with E-state index in [-0.39, 0.29) is 0 Å². The molecule has 0 spiro atoms. The smallest absolute Gasteiger partial charge is 0.0863 e.